The molecule has 0 aromatic carbocycles. The van der Waals surface area contributed by atoms with E-state index < -0.39 is 8.32 Å². The van der Waals surface area contributed by atoms with Gasteiger partial charge in [0, 0.05) is 6.61 Å². The first-order valence-electron chi connectivity index (χ1n) is 7.27. The molecule has 0 aliphatic heterocycles. The van der Waals surface area contributed by atoms with Crippen molar-refractivity contribution in [3.8, 4) is 0 Å². The zero-order valence-corrected chi connectivity index (χ0v) is 13.8. The van der Waals surface area contributed by atoms with E-state index >= 15 is 0 Å². The van der Waals surface area contributed by atoms with Crippen LogP contribution in [-0.2, 0) is 4.43 Å². The van der Waals surface area contributed by atoms with Gasteiger partial charge < -0.3 is 4.43 Å². The molecule has 0 saturated carbocycles. The lowest BCUT2D eigenvalue weighted by Crippen LogP contribution is -2.37. The molecular weight excluding hydrogens is 224 g/mol. The normalized spacial score (nSPS) is 13.5. The minimum Gasteiger partial charge on any atom is -0.417 e. The van der Waals surface area contributed by atoms with Crippen LogP contribution >= 0.6 is 0 Å². The van der Waals surface area contributed by atoms with Crippen molar-refractivity contribution in [2.75, 3.05) is 6.61 Å². The van der Waals surface area contributed by atoms with Crippen LogP contribution in [0.2, 0.25) is 18.1 Å². The van der Waals surface area contributed by atoms with Gasteiger partial charge in [0.1, 0.15) is 0 Å². The molecule has 1 unspecified atom stereocenters. The first kappa shape index (κ1) is 16.9. The molecule has 0 amide bonds. The molecule has 0 fully saturated rings. The maximum atomic E-state index is 6.31. The number of allylic oxidation sites excluding steroid dienone is 2. The Balaban J connectivity index is 3.96. The maximum absolute atomic E-state index is 6.31. The monoisotopic (exact) mass is 256 g/mol. The van der Waals surface area contributed by atoms with Crippen LogP contribution in [0.25, 0.3) is 0 Å². The molecule has 0 N–H and O–H groups in total. The molecule has 0 aliphatic carbocycles. The van der Waals surface area contributed by atoms with Crippen LogP contribution in [0.3, 0.4) is 0 Å². The summed E-state index contributed by atoms with van der Waals surface area (Å²) in [6.07, 6.45) is 4.79. The van der Waals surface area contributed by atoms with E-state index in [1.54, 1.807) is 0 Å². The summed E-state index contributed by atoms with van der Waals surface area (Å²) in [6, 6.07) is 3.79. The molecule has 0 radical (unpaired) electrons. The zero-order valence-electron chi connectivity index (χ0n) is 12.8. The highest BCUT2D eigenvalue weighted by atomic mass is 28.4. The summed E-state index contributed by atoms with van der Waals surface area (Å²) in [5, 5.41) is 0. The van der Waals surface area contributed by atoms with Crippen LogP contribution in [0, 0.1) is 5.92 Å². The average Bonchev–Trinajstić information content (AvgIpc) is 2.31. The summed E-state index contributed by atoms with van der Waals surface area (Å²) in [4.78, 5) is 0. The Hall–Kier alpha value is -0.0831. The second kappa shape index (κ2) is 8.93. The third-order valence-electron chi connectivity index (χ3n) is 3.82. The second-order valence-corrected chi connectivity index (χ2v) is 10.3. The third-order valence-corrected chi connectivity index (χ3v) is 8.46. The predicted molar refractivity (Wildman–Crippen MR) is 81.0 cm³/mol. The van der Waals surface area contributed by atoms with Crippen molar-refractivity contribution in [3.63, 3.8) is 0 Å². The summed E-state index contributed by atoms with van der Waals surface area (Å²) >= 11 is 0. The average molecular weight is 257 g/mol. The van der Waals surface area contributed by atoms with E-state index in [0.717, 1.165) is 6.61 Å². The van der Waals surface area contributed by atoms with Crippen LogP contribution in [0.15, 0.2) is 11.6 Å². The summed E-state index contributed by atoms with van der Waals surface area (Å²) in [5.41, 5.74) is 1.43. The molecule has 0 aromatic rings. The van der Waals surface area contributed by atoms with Crippen LogP contribution in [-0.4, -0.2) is 14.9 Å². The molecule has 0 spiro atoms. The maximum Gasteiger partial charge on any atom is 0.191 e. The van der Waals surface area contributed by atoms with Gasteiger partial charge in [0.2, 0.25) is 0 Å². The molecule has 102 valence electrons. The smallest absolute Gasteiger partial charge is 0.191 e. The van der Waals surface area contributed by atoms with Gasteiger partial charge in [-0.1, -0.05) is 39.3 Å². The van der Waals surface area contributed by atoms with Crippen molar-refractivity contribution in [2.45, 2.75) is 72.5 Å². The molecule has 17 heavy (non-hydrogen) atoms. The summed E-state index contributed by atoms with van der Waals surface area (Å²) in [5.74, 6) is 0.696. The highest BCUT2D eigenvalue weighted by Crippen LogP contribution is 2.23. The summed E-state index contributed by atoms with van der Waals surface area (Å²) in [6.45, 7) is 14.5. The largest absolute Gasteiger partial charge is 0.417 e. The topological polar surface area (TPSA) is 9.23 Å². The quantitative estimate of drug-likeness (QED) is 0.397. The van der Waals surface area contributed by atoms with Gasteiger partial charge in [-0.2, -0.15) is 0 Å². The molecular formula is C15H32OSi. The Kier molecular flexibility index (Phi) is 8.88. The van der Waals surface area contributed by atoms with Crippen LogP contribution < -0.4 is 0 Å². The second-order valence-electron chi connectivity index (χ2n) is 5.52. The van der Waals surface area contributed by atoms with Gasteiger partial charge in [-0.15, -0.1) is 0 Å². The first-order valence-corrected chi connectivity index (χ1v) is 9.80. The SMILES string of the molecule is CC[Si](CC)(CC)OCC(C)CCC=C(C)C. The molecule has 2 heteroatoms. The lowest BCUT2D eigenvalue weighted by atomic mass is 10.1. The Bertz CT molecular complexity index is 207. The van der Waals surface area contributed by atoms with E-state index in [9.17, 15) is 0 Å². The van der Waals surface area contributed by atoms with Gasteiger partial charge >= 0.3 is 0 Å². The van der Waals surface area contributed by atoms with Gasteiger partial charge in [0.05, 0.1) is 0 Å². The lowest BCUT2D eigenvalue weighted by Gasteiger charge is -2.29. The Morgan fingerprint density at radius 2 is 1.65 bits per heavy atom. The van der Waals surface area contributed by atoms with Crippen molar-refractivity contribution < 1.29 is 4.43 Å². The number of hydrogen-bond donors (Lipinski definition) is 0. The zero-order chi connectivity index (χ0) is 13.3. The Morgan fingerprint density at radius 1 is 1.12 bits per heavy atom. The van der Waals surface area contributed by atoms with E-state index in [-0.39, 0.29) is 0 Å². The number of hydrogen-bond acceptors (Lipinski definition) is 1. The molecule has 0 aromatic heterocycles. The fourth-order valence-corrected chi connectivity index (χ4v) is 4.87. The van der Waals surface area contributed by atoms with E-state index in [2.05, 4.69) is 47.6 Å². The molecule has 0 rings (SSSR count). The van der Waals surface area contributed by atoms with Crippen molar-refractivity contribution >= 4 is 8.32 Å². The van der Waals surface area contributed by atoms with Crippen molar-refractivity contribution in [1.82, 2.24) is 0 Å². The number of rotatable bonds is 9. The van der Waals surface area contributed by atoms with Gasteiger partial charge in [-0.3, -0.25) is 0 Å². The summed E-state index contributed by atoms with van der Waals surface area (Å²) in [7, 11) is -1.36. The highest BCUT2D eigenvalue weighted by Gasteiger charge is 2.28. The lowest BCUT2D eigenvalue weighted by molar-refractivity contribution is 0.238. The standard InChI is InChI=1S/C15H32OSi/c1-7-17(8-2,9-3)16-13-15(6)12-10-11-14(4)5/h11,15H,7-10,12-13H2,1-6H3. The van der Waals surface area contributed by atoms with Crippen LogP contribution in [0.4, 0.5) is 0 Å². The highest BCUT2D eigenvalue weighted by molar-refractivity contribution is 6.73. The van der Waals surface area contributed by atoms with Crippen LogP contribution in [0.1, 0.15) is 54.4 Å². The van der Waals surface area contributed by atoms with Gasteiger partial charge in [-0.25, -0.2) is 0 Å². The Labute approximate surface area is 110 Å². The van der Waals surface area contributed by atoms with E-state index in [1.165, 1.54) is 36.5 Å². The van der Waals surface area contributed by atoms with E-state index in [1.807, 2.05) is 0 Å². The van der Waals surface area contributed by atoms with Crippen molar-refractivity contribution in [3.05, 3.63) is 11.6 Å². The van der Waals surface area contributed by atoms with Crippen LogP contribution in [0.5, 0.6) is 0 Å². The Morgan fingerprint density at radius 3 is 2.06 bits per heavy atom. The third kappa shape index (κ3) is 7.05. The predicted octanol–water partition coefficient (Wildman–Crippen LogP) is 5.39. The first-order chi connectivity index (χ1) is 7.99. The molecule has 0 saturated heterocycles. The molecule has 0 aliphatic rings. The fourth-order valence-electron chi connectivity index (χ4n) is 2.12. The van der Waals surface area contributed by atoms with E-state index in [0.29, 0.717) is 5.92 Å². The minimum atomic E-state index is -1.36. The van der Waals surface area contributed by atoms with E-state index in [4.69, 9.17) is 4.43 Å². The van der Waals surface area contributed by atoms with Gasteiger partial charge in [0.15, 0.2) is 8.32 Å². The molecule has 0 heterocycles. The summed E-state index contributed by atoms with van der Waals surface area (Å²) < 4.78 is 6.31. The fraction of sp³-hybridized carbons (Fsp3) is 0.867. The molecule has 1 atom stereocenters. The van der Waals surface area contributed by atoms with Crippen molar-refractivity contribution in [1.29, 1.82) is 0 Å². The minimum absolute atomic E-state index is 0.696. The van der Waals surface area contributed by atoms with Gasteiger partial charge in [-0.05, 0) is 50.7 Å². The molecule has 0 bridgehead atoms. The van der Waals surface area contributed by atoms with Gasteiger partial charge in [0.25, 0.3) is 0 Å². The van der Waals surface area contributed by atoms with Crippen molar-refractivity contribution in [2.24, 2.45) is 5.92 Å². The molecule has 1 nitrogen and oxygen atoms in total.